The van der Waals surface area contributed by atoms with Crippen molar-refractivity contribution in [3.05, 3.63) is 125 Å². The van der Waals surface area contributed by atoms with Crippen molar-refractivity contribution in [2.45, 2.75) is 48.1 Å². The van der Waals surface area contributed by atoms with Crippen LogP contribution in [0.25, 0.3) is 11.1 Å². The first-order valence-electron chi connectivity index (χ1n) is 14.5. The molecule has 0 aliphatic carbocycles. The van der Waals surface area contributed by atoms with Crippen molar-refractivity contribution in [1.29, 1.82) is 0 Å². The highest BCUT2D eigenvalue weighted by molar-refractivity contribution is 7.99. The number of aryl methyl sites for hydroxylation is 1. The molecule has 1 saturated heterocycles. The smallest absolute Gasteiger partial charge is 0.240 e. The molecule has 4 aromatic carbocycles. The summed E-state index contributed by atoms with van der Waals surface area (Å²) in [5.74, 6) is 0.643. The highest BCUT2D eigenvalue weighted by Gasteiger charge is 2.32. The molecule has 1 fully saturated rings. The summed E-state index contributed by atoms with van der Waals surface area (Å²) >= 11 is 1.53. The normalized spacial score (nSPS) is 18.6. The van der Waals surface area contributed by atoms with Crippen molar-refractivity contribution >= 4 is 21.8 Å². The number of nitrogens with one attached hydrogen (secondary N) is 1. The van der Waals surface area contributed by atoms with Crippen LogP contribution in [0.2, 0.25) is 0 Å². The molecule has 0 radical (unpaired) electrons. The fourth-order valence-corrected chi connectivity index (χ4v) is 7.06. The minimum absolute atomic E-state index is 0.0169. The third-order valence-corrected chi connectivity index (χ3v) is 10.2. The minimum atomic E-state index is -3.65. The Kier molecular flexibility index (Phi) is 9.69. The standard InChI is InChI=1S/C33H33N5O5S2/c1-38-33(35-36-37-38)44-22-28-19-31(25-13-11-23(21-39)12-14-25)43-32(42-28)26-17-15-24(16-18-26)30-10-6-5-7-27(30)20-34-45(40,41)29-8-3-2-4-9-29/h2-18,28,31-32,34,39H,19-22H2,1H3/t28-,31+,32+/m0/s1. The molecule has 232 valence electrons. The van der Waals surface area contributed by atoms with Gasteiger partial charge in [-0.2, -0.15) is 0 Å². The number of rotatable bonds is 11. The molecule has 0 bridgehead atoms. The molecule has 0 amide bonds. The van der Waals surface area contributed by atoms with E-state index in [1.165, 1.54) is 11.8 Å². The molecule has 1 aliphatic rings. The van der Waals surface area contributed by atoms with E-state index in [9.17, 15) is 13.5 Å². The van der Waals surface area contributed by atoms with Gasteiger partial charge in [0.1, 0.15) is 0 Å². The number of ether oxygens (including phenoxy) is 2. The Morgan fingerprint density at radius 1 is 0.911 bits per heavy atom. The van der Waals surface area contributed by atoms with Crippen molar-refractivity contribution < 1.29 is 23.0 Å². The lowest BCUT2D eigenvalue weighted by Crippen LogP contribution is -2.31. The Morgan fingerprint density at radius 2 is 1.62 bits per heavy atom. The van der Waals surface area contributed by atoms with Crippen LogP contribution < -0.4 is 4.72 Å². The fourth-order valence-electron chi connectivity index (χ4n) is 5.17. The van der Waals surface area contributed by atoms with Gasteiger partial charge in [0.15, 0.2) is 6.29 Å². The average molecular weight is 644 g/mol. The Hall–Kier alpha value is -3.91. The Morgan fingerprint density at radius 3 is 2.33 bits per heavy atom. The number of aliphatic hydroxyl groups excluding tert-OH is 1. The second-order valence-corrected chi connectivity index (χ2v) is 13.4. The van der Waals surface area contributed by atoms with Crippen molar-refractivity contribution in [2.75, 3.05) is 5.75 Å². The predicted octanol–water partition coefficient (Wildman–Crippen LogP) is 5.19. The number of sulfonamides is 1. The van der Waals surface area contributed by atoms with Crippen LogP contribution in [-0.2, 0) is 39.7 Å². The molecule has 2 heterocycles. The van der Waals surface area contributed by atoms with Crippen LogP contribution in [0, 0.1) is 0 Å². The highest BCUT2D eigenvalue weighted by Crippen LogP contribution is 2.40. The summed E-state index contributed by atoms with van der Waals surface area (Å²) in [6.07, 6.45) is -0.298. The average Bonchev–Trinajstić information content (AvgIpc) is 3.51. The number of aliphatic hydroxyl groups is 1. The zero-order chi connectivity index (χ0) is 31.2. The van der Waals surface area contributed by atoms with Crippen LogP contribution in [0.15, 0.2) is 113 Å². The number of thioether (sulfide) groups is 1. The van der Waals surface area contributed by atoms with E-state index < -0.39 is 16.3 Å². The zero-order valence-corrected chi connectivity index (χ0v) is 26.2. The lowest BCUT2D eigenvalue weighted by Gasteiger charge is -2.36. The molecule has 6 rings (SSSR count). The van der Waals surface area contributed by atoms with E-state index in [1.54, 1.807) is 42.1 Å². The van der Waals surface area contributed by atoms with Gasteiger partial charge in [0.05, 0.1) is 23.7 Å². The van der Waals surface area contributed by atoms with Crippen LogP contribution in [0.5, 0.6) is 0 Å². The quantitative estimate of drug-likeness (QED) is 0.187. The lowest BCUT2D eigenvalue weighted by molar-refractivity contribution is -0.245. The first kappa shape index (κ1) is 31.1. The van der Waals surface area contributed by atoms with Gasteiger partial charge in [-0.05, 0) is 50.4 Å². The summed E-state index contributed by atoms with van der Waals surface area (Å²) in [6.45, 7) is 0.137. The topological polar surface area (TPSA) is 128 Å². The van der Waals surface area contributed by atoms with E-state index in [1.807, 2.05) is 72.8 Å². The number of benzene rings is 4. The summed E-state index contributed by atoms with van der Waals surface area (Å²) in [7, 11) is -1.84. The van der Waals surface area contributed by atoms with E-state index in [-0.39, 0.29) is 30.3 Å². The molecule has 2 N–H and O–H groups in total. The minimum Gasteiger partial charge on any atom is -0.392 e. The van der Waals surface area contributed by atoms with Gasteiger partial charge in [-0.1, -0.05) is 103 Å². The van der Waals surface area contributed by atoms with Crippen molar-refractivity contribution in [1.82, 2.24) is 24.9 Å². The van der Waals surface area contributed by atoms with Crippen LogP contribution in [0.1, 0.15) is 41.1 Å². The van der Waals surface area contributed by atoms with Crippen molar-refractivity contribution in [3.8, 4) is 11.1 Å². The van der Waals surface area contributed by atoms with Gasteiger partial charge in [0.2, 0.25) is 15.2 Å². The van der Waals surface area contributed by atoms with Crippen molar-refractivity contribution in [3.63, 3.8) is 0 Å². The second kappa shape index (κ2) is 14.0. The van der Waals surface area contributed by atoms with Crippen LogP contribution >= 0.6 is 11.8 Å². The summed E-state index contributed by atoms with van der Waals surface area (Å²) < 4.78 is 43.0. The number of nitrogens with zero attached hydrogens (tertiary/aromatic N) is 4. The molecular weight excluding hydrogens is 611 g/mol. The van der Waals surface area contributed by atoms with Crippen LogP contribution in [0.4, 0.5) is 0 Å². The zero-order valence-electron chi connectivity index (χ0n) is 24.6. The van der Waals surface area contributed by atoms with Gasteiger partial charge in [0, 0.05) is 31.3 Å². The molecule has 0 unspecified atom stereocenters. The van der Waals surface area contributed by atoms with Gasteiger partial charge < -0.3 is 14.6 Å². The molecule has 10 nitrogen and oxygen atoms in total. The van der Waals surface area contributed by atoms with E-state index >= 15 is 0 Å². The summed E-state index contributed by atoms with van der Waals surface area (Å²) in [5, 5.41) is 21.9. The van der Waals surface area contributed by atoms with E-state index in [4.69, 9.17) is 9.47 Å². The monoisotopic (exact) mass is 643 g/mol. The number of tetrazole rings is 1. The summed E-state index contributed by atoms with van der Waals surface area (Å²) in [4.78, 5) is 0.229. The molecular formula is C33H33N5O5S2. The van der Waals surface area contributed by atoms with Crippen LogP contribution in [0.3, 0.4) is 0 Å². The first-order valence-corrected chi connectivity index (χ1v) is 17.0. The van der Waals surface area contributed by atoms with E-state index in [0.29, 0.717) is 17.3 Å². The Balaban J connectivity index is 1.20. The first-order chi connectivity index (χ1) is 21.9. The lowest BCUT2D eigenvalue weighted by atomic mass is 9.98. The van der Waals surface area contributed by atoms with Gasteiger partial charge in [0.25, 0.3) is 0 Å². The van der Waals surface area contributed by atoms with E-state index in [0.717, 1.165) is 33.4 Å². The molecule has 3 atom stereocenters. The number of aromatic nitrogens is 4. The van der Waals surface area contributed by atoms with Crippen LogP contribution in [-0.4, -0.2) is 45.6 Å². The molecule has 0 spiro atoms. The molecule has 45 heavy (non-hydrogen) atoms. The van der Waals surface area contributed by atoms with Gasteiger partial charge >= 0.3 is 0 Å². The molecule has 12 heteroatoms. The Labute approximate surface area is 266 Å². The summed E-state index contributed by atoms with van der Waals surface area (Å²) in [5.41, 5.74) is 5.46. The maximum absolute atomic E-state index is 12.8. The molecule has 1 aromatic heterocycles. The number of hydrogen-bond acceptors (Lipinski definition) is 9. The fraction of sp³-hybridized carbons (Fsp3) is 0.242. The summed E-state index contributed by atoms with van der Waals surface area (Å²) in [6, 6.07) is 31.8. The SMILES string of the molecule is Cn1nnnc1SC[C@@H]1C[C@H](c2ccc(CO)cc2)O[C@H](c2ccc(-c3ccccc3CNS(=O)(=O)c3ccccc3)cc2)O1. The molecule has 1 aliphatic heterocycles. The highest BCUT2D eigenvalue weighted by atomic mass is 32.2. The van der Waals surface area contributed by atoms with E-state index in [2.05, 4.69) is 20.2 Å². The van der Waals surface area contributed by atoms with Gasteiger partial charge in [-0.25, -0.2) is 17.8 Å². The second-order valence-electron chi connectivity index (χ2n) is 10.7. The third kappa shape index (κ3) is 7.50. The maximum Gasteiger partial charge on any atom is 0.240 e. The molecule has 0 saturated carbocycles. The predicted molar refractivity (Wildman–Crippen MR) is 170 cm³/mol. The molecule has 5 aromatic rings. The third-order valence-electron chi connectivity index (χ3n) is 7.61. The Bertz CT molecular complexity index is 1820. The maximum atomic E-state index is 12.8. The van der Waals surface area contributed by atoms with Gasteiger partial charge in [-0.3, -0.25) is 0 Å². The van der Waals surface area contributed by atoms with Gasteiger partial charge in [-0.15, -0.1) is 5.10 Å². The largest absolute Gasteiger partial charge is 0.392 e. The number of hydrogen-bond donors (Lipinski definition) is 2. The van der Waals surface area contributed by atoms with Crippen molar-refractivity contribution in [2.24, 2.45) is 7.05 Å².